The van der Waals surface area contributed by atoms with E-state index in [9.17, 15) is 4.79 Å². The van der Waals surface area contributed by atoms with Crippen LogP contribution >= 0.6 is 0 Å². The van der Waals surface area contributed by atoms with E-state index in [1.807, 2.05) is 24.3 Å². The Bertz CT molecular complexity index is 796. The van der Waals surface area contributed by atoms with Crippen LogP contribution in [0.15, 0.2) is 47.6 Å². The van der Waals surface area contributed by atoms with Crippen molar-refractivity contribution in [3.8, 4) is 5.75 Å². The van der Waals surface area contributed by atoms with E-state index in [1.54, 1.807) is 13.3 Å². The van der Waals surface area contributed by atoms with E-state index in [0.717, 1.165) is 35.5 Å². The number of benzene rings is 2. The molecule has 0 atom stereocenters. The molecule has 0 spiro atoms. The summed E-state index contributed by atoms with van der Waals surface area (Å²) < 4.78 is 5.17. The Kier molecular flexibility index (Phi) is 5.89. The van der Waals surface area contributed by atoms with Gasteiger partial charge in [-0.05, 0) is 60.7 Å². The zero-order chi connectivity index (χ0) is 18.4. The second-order valence-corrected chi connectivity index (χ2v) is 6.56. The number of nitrogens with zero attached hydrogens (tertiary/aromatic N) is 2. The van der Waals surface area contributed by atoms with Crippen molar-refractivity contribution in [3.05, 3.63) is 59.2 Å². The summed E-state index contributed by atoms with van der Waals surface area (Å²) in [4.78, 5) is 14.4. The van der Waals surface area contributed by atoms with Gasteiger partial charge in [0, 0.05) is 18.8 Å². The Hall–Kier alpha value is -2.82. The molecule has 1 aliphatic heterocycles. The summed E-state index contributed by atoms with van der Waals surface area (Å²) in [5.41, 5.74) is 6.91. The second kappa shape index (κ2) is 8.52. The van der Waals surface area contributed by atoms with E-state index >= 15 is 0 Å². The number of rotatable bonds is 6. The summed E-state index contributed by atoms with van der Waals surface area (Å²) in [6.07, 6.45) is 4.50. The van der Waals surface area contributed by atoms with Crippen LogP contribution in [0.1, 0.15) is 29.5 Å². The van der Waals surface area contributed by atoms with Gasteiger partial charge < -0.3 is 9.64 Å². The second-order valence-electron chi connectivity index (χ2n) is 6.56. The fourth-order valence-electron chi connectivity index (χ4n) is 3.16. The largest absolute Gasteiger partial charge is 0.497 e. The van der Waals surface area contributed by atoms with E-state index < -0.39 is 0 Å². The van der Waals surface area contributed by atoms with Crippen LogP contribution < -0.4 is 15.1 Å². The van der Waals surface area contributed by atoms with Gasteiger partial charge in [-0.3, -0.25) is 4.79 Å². The Morgan fingerprint density at radius 3 is 2.77 bits per heavy atom. The third-order valence-corrected chi connectivity index (χ3v) is 4.62. The highest BCUT2D eigenvalue weighted by Crippen LogP contribution is 2.22. The first kappa shape index (κ1) is 18.0. The highest BCUT2D eigenvalue weighted by molar-refractivity contribution is 5.85. The quantitative estimate of drug-likeness (QED) is 0.642. The number of methoxy groups -OCH3 is 1. The van der Waals surface area contributed by atoms with Gasteiger partial charge >= 0.3 is 0 Å². The number of aryl methyl sites for hydroxylation is 1. The maximum Gasteiger partial charge on any atom is 0.244 e. The van der Waals surface area contributed by atoms with Gasteiger partial charge in [-0.15, -0.1) is 0 Å². The molecule has 0 radical (unpaired) electrons. The van der Waals surface area contributed by atoms with Gasteiger partial charge in [0.05, 0.1) is 19.7 Å². The topological polar surface area (TPSA) is 53.9 Å². The van der Waals surface area contributed by atoms with Crippen molar-refractivity contribution >= 4 is 17.8 Å². The summed E-state index contributed by atoms with van der Waals surface area (Å²) in [7, 11) is 1.61. The van der Waals surface area contributed by atoms with Crippen molar-refractivity contribution in [1.82, 2.24) is 5.43 Å². The fourth-order valence-corrected chi connectivity index (χ4v) is 3.16. The number of anilines is 1. The van der Waals surface area contributed by atoms with Crippen molar-refractivity contribution in [2.75, 3.05) is 25.1 Å². The number of amides is 1. The van der Waals surface area contributed by atoms with E-state index in [4.69, 9.17) is 4.74 Å². The molecule has 1 amide bonds. The third-order valence-electron chi connectivity index (χ3n) is 4.62. The number of hydrogen-bond donors (Lipinski definition) is 1. The van der Waals surface area contributed by atoms with Crippen LogP contribution in [0.4, 0.5) is 5.69 Å². The predicted octanol–water partition coefficient (Wildman–Crippen LogP) is 3.30. The van der Waals surface area contributed by atoms with Crippen LogP contribution in [-0.4, -0.2) is 32.3 Å². The lowest BCUT2D eigenvalue weighted by atomic mass is 10.1. The first-order valence-electron chi connectivity index (χ1n) is 8.96. The predicted molar refractivity (Wildman–Crippen MR) is 105 cm³/mol. The SMILES string of the molecule is COc1cccc(CC(=O)N/N=C/c2ccc(N3CCCC3)cc2C)c1. The van der Waals surface area contributed by atoms with Crippen LogP contribution in [0, 0.1) is 6.92 Å². The Morgan fingerprint density at radius 2 is 2.04 bits per heavy atom. The zero-order valence-corrected chi connectivity index (χ0v) is 15.4. The maximum atomic E-state index is 12.0. The molecule has 1 fully saturated rings. The molecule has 1 saturated heterocycles. The minimum absolute atomic E-state index is 0.152. The standard InChI is InChI=1S/C21H25N3O2/c1-16-12-19(24-10-3-4-11-24)9-8-18(16)15-22-23-21(25)14-17-6-5-7-20(13-17)26-2/h5-9,12-13,15H,3-4,10-11,14H2,1-2H3,(H,23,25)/b22-15+. The lowest BCUT2D eigenvalue weighted by Gasteiger charge is -2.18. The molecule has 26 heavy (non-hydrogen) atoms. The maximum absolute atomic E-state index is 12.0. The number of carbonyl (C=O) groups is 1. The monoisotopic (exact) mass is 351 g/mol. The van der Waals surface area contributed by atoms with Crippen LogP contribution in [-0.2, 0) is 11.2 Å². The molecular weight excluding hydrogens is 326 g/mol. The average molecular weight is 351 g/mol. The Morgan fingerprint density at radius 1 is 1.23 bits per heavy atom. The third kappa shape index (κ3) is 4.63. The molecule has 0 unspecified atom stereocenters. The van der Waals surface area contributed by atoms with Crippen molar-refractivity contribution in [2.45, 2.75) is 26.2 Å². The van der Waals surface area contributed by atoms with Crippen LogP contribution in [0.5, 0.6) is 5.75 Å². The van der Waals surface area contributed by atoms with Gasteiger partial charge in [-0.1, -0.05) is 18.2 Å². The molecule has 1 aliphatic rings. The number of carbonyl (C=O) groups excluding carboxylic acids is 1. The first-order chi connectivity index (χ1) is 12.7. The molecule has 2 aromatic carbocycles. The summed E-state index contributed by atoms with van der Waals surface area (Å²) in [5.74, 6) is 0.591. The molecule has 3 rings (SSSR count). The van der Waals surface area contributed by atoms with Gasteiger partial charge in [0.15, 0.2) is 0 Å². The van der Waals surface area contributed by atoms with Gasteiger partial charge in [-0.2, -0.15) is 5.10 Å². The molecular formula is C21H25N3O2. The zero-order valence-electron chi connectivity index (χ0n) is 15.4. The molecule has 0 bridgehead atoms. The number of nitrogens with one attached hydrogen (secondary N) is 1. The van der Waals surface area contributed by atoms with Crippen molar-refractivity contribution < 1.29 is 9.53 Å². The van der Waals surface area contributed by atoms with Gasteiger partial charge in [0.1, 0.15) is 5.75 Å². The van der Waals surface area contributed by atoms with E-state index in [2.05, 4.69) is 40.5 Å². The molecule has 136 valence electrons. The molecule has 2 aromatic rings. The average Bonchev–Trinajstić information content (AvgIpc) is 3.18. The van der Waals surface area contributed by atoms with Crippen LogP contribution in [0.3, 0.4) is 0 Å². The molecule has 5 nitrogen and oxygen atoms in total. The highest BCUT2D eigenvalue weighted by atomic mass is 16.5. The van der Waals surface area contributed by atoms with Crippen molar-refractivity contribution in [2.24, 2.45) is 5.10 Å². The lowest BCUT2D eigenvalue weighted by molar-refractivity contribution is -0.120. The molecule has 0 aromatic heterocycles. The van der Waals surface area contributed by atoms with Crippen LogP contribution in [0.2, 0.25) is 0 Å². The van der Waals surface area contributed by atoms with E-state index in [0.29, 0.717) is 0 Å². The summed E-state index contributed by atoms with van der Waals surface area (Å²) in [6.45, 7) is 4.33. The molecule has 0 aliphatic carbocycles. The fraction of sp³-hybridized carbons (Fsp3) is 0.333. The Labute approximate surface area is 154 Å². The minimum atomic E-state index is -0.152. The van der Waals surface area contributed by atoms with Gasteiger partial charge in [0.2, 0.25) is 5.91 Å². The lowest BCUT2D eigenvalue weighted by Crippen LogP contribution is -2.20. The minimum Gasteiger partial charge on any atom is -0.497 e. The first-order valence-corrected chi connectivity index (χ1v) is 8.96. The molecule has 1 heterocycles. The van der Waals surface area contributed by atoms with Crippen molar-refractivity contribution in [1.29, 1.82) is 0 Å². The van der Waals surface area contributed by atoms with Gasteiger partial charge in [0.25, 0.3) is 0 Å². The Balaban J connectivity index is 1.56. The summed E-state index contributed by atoms with van der Waals surface area (Å²) >= 11 is 0. The van der Waals surface area contributed by atoms with Gasteiger partial charge in [-0.25, -0.2) is 5.43 Å². The van der Waals surface area contributed by atoms with Crippen molar-refractivity contribution in [3.63, 3.8) is 0 Å². The normalized spacial score (nSPS) is 14.0. The summed E-state index contributed by atoms with van der Waals surface area (Å²) in [5, 5.41) is 4.10. The molecule has 0 saturated carbocycles. The van der Waals surface area contributed by atoms with E-state index in [-0.39, 0.29) is 12.3 Å². The summed E-state index contributed by atoms with van der Waals surface area (Å²) in [6, 6.07) is 13.8. The molecule has 5 heteroatoms. The number of hydrogen-bond acceptors (Lipinski definition) is 4. The highest BCUT2D eigenvalue weighted by Gasteiger charge is 2.12. The molecule has 1 N–H and O–H groups in total. The van der Waals surface area contributed by atoms with E-state index in [1.165, 1.54) is 18.5 Å². The number of hydrazone groups is 1. The number of ether oxygens (including phenoxy) is 1. The smallest absolute Gasteiger partial charge is 0.244 e. The van der Waals surface area contributed by atoms with Crippen LogP contribution in [0.25, 0.3) is 0 Å².